The van der Waals surface area contributed by atoms with Crippen LogP contribution in [0.3, 0.4) is 0 Å². The number of nitrogens with one attached hydrogen (secondary N) is 1. The second kappa shape index (κ2) is 9.60. The van der Waals surface area contributed by atoms with E-state index < -0.39 is 20.3 Å². The summed E-state index contributed by atoms with van der Waals surface area (Å²) in [6, 6.07) is 3.12. The minimum Gasteiger partial charge on any atom is -0.515 e. The number of β-lactam (4-membered cyclic amide) rings is 1. The van der Waals surface area contributed by atoms with Gasteiger partial charge in [0.05, 0.1) is 6.42 Å². The standard InChI is InChI=1S/C19H24N6O4S3Si/c1-24-19(21-22-23-24)32-10-11-9-31-17-14(20-13(26)8-12-6-5-7-30-12)16(27)25(17)15(11)18(28)29-33(2,3)4/h5-7,14,17H,8-10H2,1-4H3,(H,20,26)/t14-,17-/m1/s1. The van der Waals surface area contributed by atoms with Crippen molar-refractivity contribution < 1.29 is 18.8 Å². The Morgan fingerprint density at radius 1 is 1.36 bits per heavy atom. The molecule has 2 aliphatic heterocycles. The molecule has 0 bridgehead atoms. The van der Waals surface area contributed by atoms with Gasteiger partial charge in [0.2, 0.25) is 19.4 Å². The highest BCUT2D eigenvalue weighted by molar-refractivity contribution is 8.01. The van der Waals surface area contributed by atoms with Gasteiger partial charge in [0.15, 0.2) is 0 Å². The molecule has 1 fully saturated rings. The Morgan fingerprint density at radius 2 is 2.15 bits per heavy atom. The Balaban J connectivity index is 1.52. The quantitative estimate of drug-likeness (QED) is 0.312. The predicted molar refractivity (Wildman–Crippen MR) is 129 cm³/mol. The van der Waals surface area contributed by atoms with Crippen LogP contribution < -0.4 is 5.32 Å². The van der Waals surface area contributed by atoms with Gasteiger partial charge in [-0.2, -0.15) is 0 Å². The summed E-state index contributed by atoms with van der Waals surface area (Å²) < 4.78 is 7.31. The summed E-state index contributed by atoms with van der Waals surface area (Å²) in [5.41, 5.74) is 1.08. The lowest BCUT2D eigenvalue weighted by atomic mass is 10.0. The van der Waals surface area contributed by atoms with Gasteiger partial charge in [-0.25, -0.2) is 9.48 Å². The fraction of sp³-hybridized carbons (Fsp3) is 0.474. The van der Waals surface area contributed by atoms with Gasteiger partial charge in [-0.1, -0.05) is 17.8 Å². The van der Waals surface area contributed by atoms with Crippen LogP contribution in [0.5, 0.6) is 0 Å². The van der Waals surface area contributed by atoms with E-state index in [1.165, 1.54) is 39.8 Å². The molecule has 1 N–H and O–H groups in total. The number of nitrogens with zero attached hydrogens (tertiary/aromatic N) is 5. The van der Waals surface area contributed by atoms with E-state index >= 15 is 0 Å². The lowest BCUT2D eigenvalue weighted by Gasteiger charge is -2.50. The highest BCUT2D eigenvalue weighted by atomic mass is 32.2. The van der Waals surface area contributed by atoms with Crippen LogP contribution in [-0.4, -0.2) is 74.1 Å². The van der Waals surface area contributed by atoms with Crippen molar-refractivity contribution in [2.75, 3.05) is 11.5 Å². The van der Waals surface area contributed by atoms with Gasteiger partial charge in [0.1, 0.15) is 17.1 Å². The molecule has 4 rings (SSSR count). The second-order valence-corrected chi connectivity index (χ2v) is 16.0. The SMILES string of the molecule is Cn1nnnc1SCC1=C(C(=O)O[Si](C)(C)C)N2C(=O)[C@@H](NC(=O)Cc3cccs3)[C@H]2SC1. The summed E-state index contributed by atoms with van der Waals surface area (Å²) in [5, 5.41) is 16.5. The number of aromatic nitrogens is 4. The molecule has 10 nitrogen and oxygen atoms in total. The maximum absolute atomic E-state index is 13.1. The molecule has 0 saturated carbocycles. The van der Waals surface area contributed by atoms with Gasteiger partial charge < -0.3 is 9.74 Å². The molecular weight excluding hydrogens is 501 g/mol. The fourth-order valence-corrected chi connectivity index (χ4v) is 7.09. The number of thioether (sulfide) groups is 2. The fourth-order valence-electron chi connectivity index (χ4n) is 3.40. The molecule has 1 saturated heterocycles. The lowest BCUT2D eigenvalue weighted by molar-refractivity contribution is -0.150. The van der Waals surface area contributed by atoms with Crippen molar-refractivity contribution in [3.05, 3.63) is 33.7 Å². The van der Waals surface area contributed by atoms with E-state index in [2.05, 4.69) is 20.8 Å². The van der Waals surface area contributed by atoms with E-state index in [0.717, 1.165) is 10.5 Å². The van der Waals surface area contributed by atoms with Crippen molar-refractivity contribution in [3.63, 3.8) is 0 Å². The zero-order valence-corrected chi connectivity index (χ0v) is 22.1. The summed E-state index contributed by atoms with van der Waals surface area (Å²) in [7, 11) is -0.447. The third-order valence-corrected chi connectivity index (χ3v) is 8.94. The molecule has 2 aliphatic rings. The number of thiophene rings is 1. The van der Waals surface area contributed by atoms with Gasteiger partial charge in [-0.3, -0.25) is 14.5 Å². The van der Waals surface area contributed by atoms with Crippen LogP contribution in [0.4, 0.5) is 0 Å². The Labute approximate surface area is 204 Å². The first-order chi connectivity index (χ1) is 15.6. The Hall–Kier alpha value is -2.16. The molecule has 0 aliphatic carbocycles. The van der Waals surface area contributed by atoms with Crippen LogP contribution in [0.2, 0.25) is 19.6 Å². The third kappa shape index (κ3) is 5.33. The van der Waals surface area contributed by atoms with Crippen molar-refractivity contribution in [1.82, 2.24) is 30.4 Å². The number of hydrogen-bond donors (Lipinski definition) is 1. The molecule has 14 heteroatoms. The molecule has 33 heavy (non-hydrogen) atoms. The molecule has 0 unspecified atom stereocenters. The topological polar surface area (TPSA) is 119 Å². The van der Waals surface area contributed by atoms with Crippen LogP contribution in [0, 0.1) is 0 Å². The van der Waals surface area contributed by atoms with E-state index in [1.54, 1.807) is 11.7 Å². The van der Waals surface area contributed by atoms with Crippen molar-refractivity contribution in [3.8, 4) is 0 Å². The molecule has 0 aromatic carbocycles. The van der Waals surface area contributed by atoms with Crippen molar-refractivity contribution >= 4 is 61.0 Å². The number of rotatable bonds is 8. The second-order valence-electron chi connectivity index (χ2n) is 8.54. The van der Waals surface area contributed by atoms with E-state index in [-0.39, 0.29) is 29.3 Å². The molecule has 2 aromatic heterocycles. The first-order valence-corrected chi connectivity index (χ1v) is 16.5. The summed E-state index contributed by atoms with van der Waals surface area (Å²) in [4.78, 5) is 41.1. The van der Waals surface area contributed by atoms with Crippen molar-refractivity contribution in [2.45, 2.75) is 42.6 Å². The minimum atomic E-state index is -2.19. The van der Waals surface area contributed by atoms with Crippen LogP contribution in [-0.2, 0) is 32.3 Å². The summed E-state index contributed by atoms with van der Waals surface area (Å²) in [6.45, 7) is 5.77. The monoisotopic (exact) mass is 524 g/mol. The largest absolute Gasteiger partial charge is 0.515 e. The lowest BCUT2D eigenvalue weighted by Crippen LogP contribution is -2.70. The molecule has 4 heterocycles. The molecule has 2 aromatic rings. The first kappa shape index (κ1) is 24.0. The number of amides is 2. The van der Waals surface area contributed by atoms with Gasteiger partial charge >= 0.3 is 5.97 Å². The van der Waals surface area contributed by atoms with E-state index in [0.29, 0.717) is 16.7 Å². The van der Waals surface area contributed by atoms with Crippen LogP contribution >= 0.6 is 34.9 Å². The molecule has 176 valence electrons. The normalized spacial score (nSPS) is 20.4. The van der Waals surface area contributed by atoms with Gasteiger partial charge in [0, 0.05) is 23.4 Å². The van der Waals surface area contributed by atoms with Gasteiger partial charge in [-0.05, 0) is 47.1 Å². The zero-order valence-electron chi connectivity index (χ0n) is 18.6. The summed E-state index contributed by atoms with van der Waals surface area (Å²) in [5.74, 6) is 0.00554. The Kier molecular flexibility index (Phi) is 6.98. The maximum atomic E-state index is 13.1. The van der Waals surface area contributed by atoms with Crippen LogP contribution in [0.15, 0.2) is 33.9 Å². The number of hydrogen-bond acceptors (Lipinski definition) is 10. The first-order valence-electron chi connectivity index (χ1n) is 10.2. The van der Waals surface area contributed by atoms with Crippen molar-refractivity contribution in [1.29, 1.82) is 0 Å². The average Bonchev–Trinajstić information content (AvgIpc) is 3.40. The number of aryl methyl sites for hydroxylation is 1. The summed E-state index contributed by atoms with van der Waals surface area (Å²) in [6.07, 6.45) is 0.229. The molecular formula is C19H24N6O4S3Si. The van der Waals surface area contributed by atoms with Gasteiger partial charge in [-0.15, -0.1) is 28.2 Å². The minimum absolute atomic E-state index is 0.206. The third-order valence-electron chi connectivity index (χ3n) is 4.83. The van der Waals surface area contributed by atoms with E-state index in [9.17, 15) is 14.4 Å². The van der Waals surface area contributed by atoms with Crippen LogP contribution in [0.1, 0.15) is 4.88 Å². The molecule has 2 atom stereocenters. The van der Waals surface area contributed by atoms with E-state index in [1.807, 2.05) is 37.2 Å². The van der Waals surface area contributed by atoms with Gasteiger partial charge in [0.25, 0.3) is 5.91 Å². The zero-order chi connectivity index (χ0) is 23.8. The maximum Gasteiger partial charge on any atom is 0.341 e. The highest BCUT2D eigenvalue weighted by Crippen LogP contribution is 2.42. The molecule has 0 spiro atoms. The Bertz CT molecular complexity index is 1100. The summed E-state index contributed by atoms with van der Waals surface area (Å²) >= 11 is 4.42. The van der Waals surface area contributed by atoms with Crippen molar-refractivity contribution in [2.24, 2.45) is 7.05 Å². The Morgan fingerprint density at radius 3 is 2.79 bits per heavy atom. The number of carbonyl (C=O) groups excluding carboxylic acids is 3. The highest BCUT2D eigenvalue weighted by Gasteiger charge is 2.54. The number of tetrazole rings is 1. The predicted octanol–water partition coefficient (Wildman–Crippen LogP) is 1.64. The van der Waals surface area contributed by atoms with E-state index in [4.69, 9.17) is 4.43 Å². The number of carbonyl (C=O) groups is 3. The van der Waals surface area contributed by atoms with Crippen LogP contribution in [0.25, 0.3) is 0 Å². The average molecular weight is 525 g/mol. The number of fused-ring (bicyclic) bond motifs is 1. The molecule has 2 amide bonds. The molecule has 0 radical (unpaired) electrons. The smallest absolute Gasteiger partial charge is 0.341 e.